The number of aryl methyl sites for hydroxylation is 1. The van der Waals surface area contributed by atoms with E-state index in [1.807, 2.05) is 48.7 Å². The first-order valence-electron chi connectivity index (χ1n) is 11.0. The van der Waals surface area contributed by atoms with Crippen molar-refractivity contribution in [2.75, 3.05) is 11.5 Å². The van der Waals surface area contributed by atoms with E-state index in [0.717, 1.165) is 22.8 Å². The lowest BCUT2D eigenvalue weighted by atomic mass is 10.1. The molecule has 1 saturated heterocycles. The van der Waals surface area contributed by atoms with Gasteiger partial charge in [0.15, 0.2) is 5.11 Å². The van der Waals surface area contributed by atoms with Gasteiger partial charge in [0.2, 0.25) is 0 Å². The Hall–Kier alpha value is -4.50. The maximum absolute atomic E-state index is 13.3. The van der Waals surface area contributed by atoms with Crippen molar-refractivity contribution in [1.82, 2.24) is 9.88 Å². The second kappa shape index (κ2) is 10.0. The highest BCUT2D eigenvalue weighted by Crippen LogP contribution is 2.27. The number of hydrogen-bond donors (Lipinski definition) is 2. The highest BCUT2D eigenvalue weighted by atomic mass is 32.1. The largest absolute Gasteiger partial charge is 0.490 e. The topological polar surface area (TPSA) is 101 Å². The van der Waals surface area contributed by atoms with Crippen molar-refractivity contribution in [3.05, 3.63) is 95.3 Å². The van der Waals surface area contributed by atoms with Crippen molar-refractivity contribution in [2.24, 2.45) is 0 Å². The van der Waals surface area contributed by atoms with Crippen molar-refractivity contribution in [1.29, 1.82) is 0 Å². The van der Waals surface area contributed by atoms with Gasteiger partial charge in [-0.25, -0.2) is 4.79 Å². The third-order valence-corrected chi connectivity index (χ3v) is 5.99. The molecule has 0 radical (unpaired) electrons. The Morgan fingerprint density at radius 2 is 1.72 bits per heavy atom. The number of thiocarbonyl (C=S) groups is 1. The molecule has 1 aromatic heterocycles. The summed E-state index contributed by atoms with van der Waals surface area (Å²) in [6, 6.07) is 15.1. The number of benzene rings is 2. The molecule has 9 heteroatoms. The van der Waals surface area contributed by atoms with E-state index in [1.165, 1.54) is 29.2 Å². The summed E-state index contributed by atoms with van der Waals surface area (Å²) in [4.78, 5) is 38.4. The van der Waals surface area contributed by atoms with Gasteiger partial charge in [-0.3, -0.25) is 19.8 Å². The average Bonchev–Trinajstić information content (AvgIpc) is 3.13. The predicted molar refractivity (Wildman–Crippen MR) is 141 cm³/mol. The summed E-state index contributed by atoms with van der Waals surface area (Å²) >= 11 is 5.23. The first-order chi connectivity index (χ1) is 17.2. The van der Waals surface area contributed by atoms with E-state index in [0.29, 0.717) is 17.9 Å². The maximum Gasteiger partial charge on any atom is 0.335 e. The summed E-state index contributed by atoms with van der Waals surface area (Å²) in [5, 5.41) is 11.6. The summed E-state index contributed by atoms with van der Waals surface area (Å²) in [6.07, 6.45) is 3.22. The molecule has 36 heavy (non-hydrogen) atoms. The zero-order valence-corrected chi connectivity index (χ0v) is 20.5. The number of carbonyl (C=O) groups excluding carboxylic acids is 2. The molecule has 1 aliphatic rings. The van der Waals surface area contributed by atoms with Gasteiger partial charge in [-0.15, -0.1) is 0 Å². The van der Waals surface area contributed by atoms with E-state index in [2.05, 4.69) is 11.9 Å². The zero-order chi connectivity index (χ0) is 26.0. The Morgan fingerprint density at radius 1 is 1.08 bits per heavy atom. The van der Waals surface area contributed by atoms with Gasteiger partial charge in [-0.05, 0) is 92.3 Å². The number of nitrogens with one attached hydrogen (secondary N) is 1. The molecular formula is C27H23N3O5S. The van der Waals surface area contributed by atoms with Crippen LogP contribution >= 0.6 is 12.2 Å². The van der Waals surface area contributed by atoms with Crippen LogP contribution in [-0.2, 0) is 9.59 Å². The monoisotopic (exact) mass is 501 g/mol. The Bertz CT molecular complexity index is 1420. The number of hydrogen-bond acceptors (Lipinski definition) is 5. The molecule has 1 fully saturated rings. The third-order valence-electron chi connectivity index (χ3n) is 5.71. The summed E-state index contributed by atoms with van der Waals surface area (Å²) in [5.41, 5.74) is 3.70. The summed E-state index contributed by atoms with van der Waals surface area (Å²) in [6.45, 7) is 7.90. The minimum Gasteiger partial charge on any atom is -0.490 e. The van der Waals surface area contributed by atoms with Crippen molar-refractivity contribution < 1.29 is 24.2 Å². The summed E-state index contributed by atoms with van der Waals surface area (Å²) < 4.78 is 7.56. The maximum atomic E-state index is 13.3. The fourth-order valence-corrected chi connectivity index (χ4v) is 4.26. The lowest BCUT2D eigenvalue weighted by Crippen LogP contribution is -2.54. The first kappa shape index (κ1) is 24.6. The molecule has 2 amide bonds. The van der Waals surface area contributed by atoms with Crippen molar-refractivity contribution >= 4 is 46.9 Å². The molecule has 2 aromatic carbocycles. The Kier molecular flexibility index (Phi) is 6.84. The number of anilines is 1. The molecular weight excluding hydrogens is 478 g/mol. The van der Waals surface area contributed by atoms with E-state index in [4.69, 9.17) is 22.1 Å². The number of rotatable bonds is 7. The predicted octanol–water partition coefficient (Wildman–Crippen LogP) is 4.19. The van der Waals surface area contributed by atoms with E-state index >= 15 is 0 Å². The number of aromatic nitrogens is 1. The number of carbonyl (C=O) groups is 3. The van der Waals surface area contributed by atoms with Crippen molar-refractivity contribution in [3.8, 4) is 11.4 Å². The number of ether oxygens (including phenoxy) is 1. The van der Waals surface area contributed by atoms with E-state index in [9.17, 15) is 14.4 Å². The minimum atomic E-state index is -1.09. The lowest BCUT2D eigenvalue weighted by Gasteiger charge is -2.29. The molecule has 0 aliphatic carbocycles. The molecule has 8 nitrogen and oxygen atoms in total. The Balaban J connectivity index is 1.67. The summed E-state index contributed by atoms with van der Waals surface area (Å²) in [5.74, 6) is -1.56. The molecule has 182 valence electrons. The third kappa shape index (κ3) is 4.69. The van der Waals surface area contributed by atoms with Gasteiger partial charge in [-0.1, -0.05) is 12.7 Å². The van der Waals surface area contributed by atoms with Crippen molar-refractivity contribution in [3.63, 3.8) is 0 Å². The fraction of sp³-hybridized carbons (Fsp3) is 0.111. The smallest absolute Gasteiger partial charge is 0.335 e. The number of aromatic carboxylic acids is 1. The van der Waals surface area contributed by atoms with Crippen LogP contribution in [0.3, 0.4) is 0 Å². The van der Waals surface area contributed by atoms with Crippen molar-refractivity contribution in [2.45, 2.75) is 13.8 Å². The summed E-state index contributed by atoms with van der Waals surface area (Å²) in [7, 11) is 0. The van der Waals surface area contributed by atoms with Gasteiger partial charge in [0.05, 0.1) is 11.3 Å². The number of carboxylic acids is 1. The zero-order valence-electron chi connectivity index (χ0n) is 19.6. The van der Waals surface area contributed by atoms with E-state index in [1.54, 1.807) is 12.2 Å². The Morgan fingerprint density at radius 3 is 2.33 bits per heavy atom. The van der Waals surface area contributed by atoms with Gasteiger partial charge < -0.3 is 14.4 Å². The normalized spacial score (nSPS) is 14.7. The molecule has 1 aliphatic heterocycles. The van der Waals surface area contributed by atoms with E-state index in [-0.39, 0.29) is 16.2 Å². The van der Waals surface area contributed by atoms with Crippen LogP contribution in [0.1, 0.15) is 27.3 Å². The standard InChI is InChI=1S/C27H23N3O5S/c1-4-13-35-22-11-9-20(10-12-22)29-16(2)14-19(17(29)3)15-23-24(31)28-27(36)30(25(23)32)21-7-5-18(6-8-21)26(33)34/h4-12,14-15H,1,13H2,2-3H3,(H,33,34)(H,28,31,36)/b23-15+. The number of amides is 2. The molecule has 0 saturated carbocycles. The van der Waals surface area contributed by atoms with Gasteiger partial charge in [0, 0.05) is 17.1 Å². The van der Waals surface area contributed by atoms with Gasteiger partial charge in [-0.2, -0.15) is 0 Å². The average molecular weight is 502 g/mol. The molecule has 3 aromatic rings. The van der Waals surface area contributed by atoms with Crippen LogP contribution in [0.4, 0.5) is 5.69 Å². The van der Waals surface area contributed by atoms with Crippen LogP contribution in [0.5, 0.6) is 5.75 Å². The molecule has 0 unspecified atom stereocenters. The van der Waals surface area contributed by atoms with Crippen LogP contribution in [0.15, 0.2) is 72.8 Å². The molecule has 4 rings (SSSR count). The highest BCUT2D eigenvalue weighted by Gasteiger charge is 2.34. The molecule has 0 spiro atoms. The SMILES string of the molecule is C=CCOc1ccc(-n2c(C)cc(/C=C3\C(=O)NC(=S)N(c4ccc(C(=O)O)cc4)C3=O)c2C)cc1. The second-order valence-electron chi connectivity index (χ2n) is 8.07. The molecule has 2 heterocycles. The lowest BCUT2D eigenvalue weighted by molar-refractivity contribution is -0.122. The molecule has 2 N–H and O–H groups in total. The van der Waals surface area contributed by atoms with E-state index < -0.39 is 17.8 Å². The minimum absolute atomic E-state index is 0.0710. The van der Waals surface area contributed by atoms with Crippen LogP contribution in [0.2, 0.25) is 0 Å². The second-order valence-corrected chi connectivity index (χ2v) is 8.45. The molecule has 0 bridgehead atoms. The molecule has 0 atom stereocenters. The van der Waals surface area contributed by atoms with Crippen LogP contribution in [0.25, 0.3) is 11.8 Å². The highest BCUT2D eigenvalue weighted by molar-refractivity contribution is 7.80. The first-order valence-corrected chi connectivity index (χ1v) is 11.4. The van der Waals surface area contributed by atoms with Gasteiger partial charge in [0.25, 0.3) is 11.8 Å². The number of carboxylic acid groups (broad SMARTS) is 1. The fourth-order valence-electron chi connectivity index (χ4n) is 3.98. The van der Waals surface area contributed by atoms with Gasteiger partial charge >= 0.3 is 5.97 Å². The van der Waals surface area contributed by atoms with Gasteiger partial charge in [0.1, 0.15) is 17.9 Å². The number of nitrogens with zero attached hydrogens (tertiary/aromatic N) is 2. The van der Waals surface area contributed by atoms with Crippen LogP contribution in [-0.4, -0.2) is 39.2 Å². The Labute approximate surface area is 213 Å². The van der Waals surface area contributed by atoms with Crippen LogP contribution < -0.4 is 15.0 Å². The van der Waals surface area contributed by atoms with Crippen LogP contribution in [0, 0.1) is 13.8 Å². The quantitative estimate of drug-likeness (QED) is 0.218.